The minimum absolute atomic E-state index is 0. The van der Waals surface area contributed by atoms with E-state index in [1.165, 1.54) is 19.5 Å². The summed E-state index contributed by atoms with van der Waals surface area (Å²) in [5.41, 5.74) is 1.13. The van der Waals surface area contributed by atoms with Crippen molar-refractivity contribution in [3.63, 3.8) is 0 Å². The summed E-state index contributed by atoms with van der Waals surface area (Å²) >= 11 is 0. The van der Waals surface area contributed by atoms with Crippen LogP contribution in [0.2, 0.25) is 0 Å². The van der Waals surface area contributed by atoms with Crippen LogP contribution in [0.5, 0.6) is 11.5 Å². The first-order chi connectivity index (χ1) is 15.1. The standard InChI is InChI=1S/C23H40N6O2.HI/c1-5-24-23(25-8-12-28-10-6-9-27(2)13-14-28)26-19-7-11-29(18-19)20-15-21(30-3)17-22(16-20)31-4;/h15-17,19H,5-14,18H2,1-4H3,(H2,24,25,26);1H. The van der Waals surface area contributed by atoms with Gasteiger partial charge in [-0.2, -0.15) is 0 Å². The van der Waals surface area contributed by atoms with Crippen molar-refractivity contribution in [1.29, 1.82) is 0 Å². The van der Waals surface area contributed by atoms with Gasteiger partial charge >= 0.3 is 0 Å². The van der Waals surface area contributed by atoms with E-state index in [9.17, 15) is 0 Å². The molecule has 1 atom stereocenters. The first-order valence-electron chi connectivity index (χ1n) is 11.5. The summed E-state index contributed by atoms with van der Waals surface area (Å²) in [7, 11) is 5.59. The fourth-order valence-electron chi connectivity index (χ4n) is 4.23. The zero-order valence-electron chi connectivity index (χ0n) is 20.1. The molecule has 8 nitrogen and oxygen atoms in total. The average Bonchev–Trinajstić information content (AvgIpc) is 3.15. The van der Waals surface area contributed by atoms with Crippen molar-refractivity contribution in [2.75, 3.05) is 85.1 Å². The molecule has 0 amide bonds. The molecule has 1 aromatic carbocycles. The summed E-state index contributed by atoms with van der Waals surface area (Å²) in [6.07, 6.45) is 2.31. The number of hydrogen-bond acceptors (Lipinski definition) is 6. The smallest absolute Gasteiger partial charge is 0.191 e. The maximum Gasteiger partial charge on any atom is 0.191 e. The predicted octanol–water partition coefficient (Wildman–Crippen LogP) is 2.09. The van der Waals surface area contributed by atoms with Gasteiger partial charge in [-0.1, -0.05) is 0 Å². The normalized spacial score (nSPS) is 20.4. The quantitative estimate of drug-likeness (QED) is 0.287. The van der Waals surface area contributed by atoms with Gasteiger partial charge in [0.05, 0.1) is 20.8 Å². The van der Waals surface area contributed by atoms with E-state index in [4.69, 9.17) is 14.5 Å². The number of nitrogens with zero attached hydrogens (tertiary/aromatic N) is 4. The number of aliphatic imine (C=N–C) groups is 1. The molecule has 0 saturated carbocycles. The fourth-order valence-corrected chi connectivity index (χ4v) is 4.23. The van der Waals surface area contributed by atoms with E-state index in [0.29, 0.717) is 6.04 Å². The summed E-state index contributed by atoms with van der Waals surface area (Å²) in [4.78, 5) is 12.2. The van der Waals surface area contributed by atoms with Gasteiger partial charge in [0, 0.05) is 69.2 Å². The third-order valence-corrected chi connectivity index (χ3v) is 6.07. The SMILES string of the molecule is CCNC(=NCCN1CCCN(C)CC1)NC1CCN(c2cc(OC)cc(OC)c2)C1.I. The second kappa shape index (κ2) is 13.9. The van der Waals surface area contributed by atoms with Gasteiger partial charge in [0.15, 0.2) is 5.96 Å². The second-order valence-corrected chi connectivity index (χ2v) is 8.41. The average molecular weight is 561 g/mol. The Morgan fingerprint density at radius 3 is 2.50 bits per heavy atom. The largest absolute Gasteiger partial charge is 0.497 e. The number of methoxy groups -OCH3 is 2. The number of nitrogens with one attached hydrogen (secondary N) is 2. The Hall–Kier alpha value is -1.46. The molecule has 2 heterocycles. The Balaban J connectivity index is 0.00000363. The number of ether oxygens (including phenoxy) is 2. The maximum atomic E-state index is 5.43. The minimum atomic E-state index is 0. The molecule has 182 valence electrons. The maximum absolute atomic E-state index is 5.43. The zero-order chi connectivity index (χ0) is 22.1. The number of rotatable bonds is 8. The number of guanidine groups is 1. The van der Waals surface area contributed by atoms with Crippen LogP contribution in [0.3, 0.4) is 0 Å². The molecule has 0 bridgehead atoms. The third-order valence-electron chi connectivity index (χ3n) is 6.07. The van der Waals surface area contributed by atoms with Crippen LogP contribution in [0.25, 0.3) is 0 Å². The van der Waals surface area contributed by atoms with E-state index in [2.05, 4.69) is 51.4 Å². The lowest BCUT2D eigenvalue weighted by atomic mass is 10.2. The molecule has 2 N–H and O–H groups in total. The van der Waals surface area contributed by atoms with Crippen molar-refractivity contribution in [2.24, 2.45) is 4.99 Å². The molecule has 1 aromatic rings. The lowest BCUT2D eigenvalue weighted by Gasteiger charge is -2.22. The minimum Gasteiger partial charge on any atom is -0.497 e. The number of halogens is 1. The summed E-state index contributed by atoms with van der Waals surface area (Å²) in [6.45, 7) is 11.4. The Bertz CT molecular complexity index is 697. The van der Waals surface area contributed by atoms with Crippen LogP contribution in [0.1, 0.15) is 19.8 Å². The van der Waals surface area contributed by atoms with Crippen LogP contribution in [0.4, 0.5) is 5.69 Å². The van der Waals surface area contributed by atoms with Gasteiger partial charge in [0.2, 0.25) is 0 Å². The van der Waals surface area contributed by atoms with Crippen LogP contribution in [0, 0.1) is 0 Å². The highest BCUT2D eigenvalue weighted by atomic mass is 127. The third kappa shape index (κ3) is 8.15. The Labute approximate surface area is 210 Å². The highest BCUT2D eigenvalue weighted by molar-refractivity contribution is 14.0. The molecule has 0 radical (unpaired) electrons. The van der Waals surface area contributed by atoms with Crippen molar-refractivity contribution >= 4 is 35.6 Å². The summed E-state index contributed by atoms with van der Waals surface area (Å²) in [5.74, 6) is 2.56. The van der Waals surface area contributed by atoms with E-state index in [-0.39, 0.29) is 24.0 Å². The Kier molecular flexibility index (Phi) is 11.7. The van der Waals surface area contributed by atoms with E-state index < -0.39 is 0 Å². The molecule has 32 heavy (non-hydrogen) atoms. The zero-order valence-corrected chi connectivity index (χ0v) is 22.4. The first-order valence-corrected chi connectivity index (χ1v) is 11.5. The molecular formula is C23H41IN6O2. The van der Waals surface area contributed by atoms with Crippen LogP contribution in [0.15, 0.2) is 23.2 Å². The molecule has 2 saturated heterocycles. The van der Waals surface area contributed by atoms with Crippen molar-refractivity contribution in [3.8, 4) is 11.5 Å². The number of anilines is 1. The molecular weight excluding hydrogens is 519 g/mol. The Morgan fingerprint density at radius 1 is 1.06 bits per heavy atom. The molecule has 2 aliphatic heterocycles. The molecule has 9 heteroatoms. The fraction of sp³-hybridized carbons (Fsp3) is 0.696. The van der Waals surface area contributed by atoms with E-state index in [1.54, 1.807) is 14.2 Å². The summed E-state index contributed by atoms with van der Waals surface area (Å²) < 4.78 is 10.9. The van der Waals surface area contributed by atoms with Crippen molar-refractivity contribution in [2.45, 2.75) is 25.8 Å². The summed E-state index contributed by atoms with van der Waals surface area (Å²) in [5, 5.41) is 7.05. The second-order valence-electron chi connectivity index (χ2n) is 8.41. The van der Waals surface area contributed by atoms with Crippen molar-refractivity contribution in [3.05, 3.63) is 18.2 Å². The molecule has 0 aliphatic carbocycles. The van der Waals surface area contributed by atoms with E-state index >= 15 is 0 Å². The highest BCUT2D eigenvalue weighted by Crippen LogP contribution is 2.30. The number of likely N-dealkylation sites (N-methyl/N-ethyl adjacent to an activating group) is 1. The summed E-state index contributed by atoms with van der Waals surface area (Å²) in [6, 6.07) is 6.42. The Morgan fingerprint density at radius 2 is 1.81 bits per heavy atom. The number of benzene rings is 1. The monoisotopic (exact) mass is 560 g/mol. The molecule has 2 aliphatic rings. The van der Waals surface area contributed by atoms with Crippen LogP contribution < -0.4 is 25.0 Å². The van der Waals surface area contributed by atoms with Gasteiger partial charge in [-0.25, -0.2) is 0 Å². The van der Waals surface area contributed by atoms with Gasteiger partial charge in [0.1, 0.15) is 11.5 Å². The molecule has 1 unspecified atom stereocenters. The molecule has 0 spiro atoms. The lowest BCUT2D eigenvalue weighted by molar-refractivity contribution is 0.283. The number of hydrogen-bond donors (Lipinski definition) is 2. The van der Waals surface area contributed by atoms with Crippen LogP contribution >= 0.6 is 24.0 Å². The highest BCUT2D eigenvalue weighted by Gasteiger charge is 2.24. The van der Waals surface area contributed by atoms with Crippen LogP contribution in [-0.4, -0.2) is 102 Å². The first kappa shape index (κ1) is 26.8. The molecule has 3 rings (SSSR count). The van der Waals surface area contributed by atoms with E-state index in [0.717, 1.165) is 75.4 Å². The molecule has 2 fully saturated rings. The predicted molar refractivity (Wildman–Crippen MR) is 143 cm³/mol. The van der Waals surface area contributed by atoms with Gasteiger partial charge in [-0.05, 0) is 39.9 Å². The van der Waals surface area contributed by atoms with Crippen LogP contribution in [-0.2, 0) is 0 Å². The van der Waals surface area contributed by atoms with Crippen molar-refractivity contribution < 1.29 is 9.47 Å². The van der Waals surface area contributed by atoms with Crippen molar-refractivity contribution in [1.82, 2.24) is 20.4 Å². The van der Waals surface area contributed by atoms with E-state index in [1.807, 2.05) is 6.07 Å². The molecule has 0 aromatic heterocycles. The lowest BCUT2D eigenvalue weighted by Crippen LogP contribution is -2.45. The van der Waals surface area contributed by atoms with Gasteiger partial charge in [0.25, 0.3) is 0 Å². The topological polar surface area (TPSA) is 64.6 Å². The van der Waals surface area contributed by atoms with Gasteiger partial charge in [-0.15, -0.1) is 24.0 Å². The van der Waals surface area contributed by atoms with Gasteiger partial charge in [-0.3, -0.25) is 4.99 Å². The van der Waals surface area contributed by atoms with Gasteiger partial charge < -0.3 is 34.8 Å².